The van der Waals surface area contributed by atoms with Crippen LogP contribution in [0.4, 0.5) is 4.79 Å². The van der Waals surface area contributed by atoms with E-state index in [1.165, 1.54) is 11.1 Å². The lowest BCUT2D eigenvalue weighted by atomic mass is 9.88. The zero-order valence-electron chi connectivity index (χ0n) is 23.8. The predicted octanol–water partition coefficient (Wildman–Crippen LogP) is 5.49. The fourth-order valence-electron chi connectivity index (χ4n) is 5.59. The van der Waals surface area contributed by atoms with E-state index in [-0.39, 0.29) is 23.4 Å². The summed E-state index contributed by atoms with van der Waals surface area (Å²) in [5.74, 6) is 0.958. The molecule has 7 nitrogen and oxygen atoms in total. The van der Waals surface area contributed by atoms with E-state index >= 15 is 0 Å². The van der Waals surface area contributed by atoms with E-state index in [0.29, 0.717) is 31.5 Å². The first-order valence-electron chi connectivity index (χ1n) is 14.1. The number of urea groups is 1. The fourth-order valence-corrected chi connectivity index (χ4v) is 5.59. The van der Waals surface area contributed by atoms with Crippen molar-refractivity contribution in [3.05, 3.63) is 77.1 Å². The van der Waals surface area contributed by atoms with Gasteiger partial charge in [0.25, 0.3) is 0 Å². The molecule has 7 heteroatoms. The van der Waals surface area contributed by atoms with Gasteiger partial charge in [-0.25, -0.2) is 4.79 Å². The maximum Gasteiger partial charge on any atom is 0.318 e. The van der Waals surface area contributed by atoms with Gasteiger partial charge in [-0.05, 0) is 73.3 Å². The number of nitrogens with zero attached hydrogens (tertiary/aromatic N) is 3. The van der Waals surface area contributed by atoms with Gasteiger partial charge >= 0.3 is 6.03 Å². The predicted molar refractivity (Wildman–Crippen MR) is 154 cm³/mol. The standard InChI is InChI=1S/C32H41N5O2/c1-21(2)18-37-19-24(17-34-37)25-12-11-23(16-33-30(38)28-15-27(28)22-9-7-6-8-10-22)29-20-36(14-13-26(25)29)31(39)35-32(3,4)5/h6-12,17,19,21,27-28H,13-16,18,20H2,1-5H3,(H,33,38)(H,35,39). The van der Waals surface area contributed by atoms with Gasteiger partial charge in [0.2, 0.25) is 5.91 Å². The molecule has 5 rings (SSSR count). The minimum atomic E-state index is -0.305. The van der Waals surface area contributed by atoms with E-state index in [2.05, 4.69) is 60.0 Å². The SMILES string of the molecule is CC(C)Cn1cc(-c2ccc(CNC(=O)C3CC3c3ccccc3)c3c2CCN(C(=O)NC(C)(C)C)C3)cn1. The monoisotopic (exact) mass is 527 g/mol. The highest BCUT2D eigenvalue weighted by Gasteiger charge is 2.43. The van der Waals surface area contributed by atoms with Crippen molar-refractivity contribution in [1.82, 2.24) is 25.3 Å². The van der Waals surface area contributed by atoms with Gasteiger partial charge < -0.3 is 15.5 Å². The van der Waals surface area contributed by atoms with Crippen LogP contribution >= 0.6 is 0 Å². The highest BCUT2D eigenvalue weighted by molar-refractivity contribution is 5.83. The van der Waals surface area contributed by atoms with Gasteiger partial charge in [0.1, 0.15) is 0 Å². The number of carbonyl (C=O) groups is 2. The first-order chi connectivity index (χ1) is 18.6. The smallest absolute Gasteiger partial charge is 0.318 e. The molecule has 206 valence electrons. The van der Waals surface area contributed by atoms with Crippen LogP contribution in [0.25, 0.3) is 11.1 Å². The second kappa shape index (κ2) is 10.9. The fraction of sp³-hybridized carbons (Fsp3) is 0.469. The molecular formula is C32H41N5O2. The third kappa shape index (κ3) is 6.35. The molecule has 2 aromatic carbocycles. The number of amides is 3. The highest BCUT2D eigenvalue weighted by atomic mass is 16.2. The summed E-state index contributed by atoms with van der Waals surface area (Å²) in [6.07, 6.45) is 5.72. The van der Waals surface area contributed by atoms with Gasteiger partial charge in [0, 0.05) is 49.4 Å². The molecule has 0 spiro atoms. The summed E-state index contributed by atoms with van der Waals surface area (Å²) in [6, 6.07) is 14.5. The van der Waals surface area contributed by atoms with Crippen molar-refractivity contribution in [1.29, 1.82) is 0 Å². The summed E-state index contributed by atoms with van der Waals surface area (Å²) in [5.41, 5.74) is 6.64. The van der Waals surface area contributed by atoms with E-state index in [9.17, 15) is 9.59 Å². The summed E-state index contributed by atoms with van der Waals surface area (Å²) in [6.45, 7) is 12.9. The largest absolute Gasteiger partial charge is 0.352 e. The molecule has 1 saturated carbocycles. The first-order valence-corrected chi connectivity index (χ1v) is 14.1. The highest BCUT2D eigenvalue weighted by Crippen LogP contribution is 2.47. The van der Waals surface area contributed by atoms with E-state index in [1.54, 1.807) is 0 Å². The Bertz CT molecular complexity index is 1340. The van der Waals surface area contributed by atoms with Gasteiger partial charge in [-0.15, -0.1) is 0 Å². The Morgan fingerprint density at radius 3 is 2.56 bits per heavy atom. The van der Waals surface area contributed by atoms with Gasteiger partial charge in [-0.2, -0.15) is 5.10 Å². The van der Waals surface area contributed by atoms with Crippen molar-refractivity contribution in [3.8, 4) is 11.1 Å². The summed E-state index contributed by atoms with van der Waals surface area (Å²) in [4.78, 5) is 28.0. The molecule has 1 aliphatic heterocycles. The summed E-state index contributed by atoms with van der Waals surface area (Å²) in [5, 5.41) is 10.9. The third-order valence-electron chi connectivity index (χ3n) is 7.58. The Hall–Kier alpha value is -3.61. The lowest BCUT2D eigenvalue weighted by Gasteiger charge is -2.34. The van der Waals surface area contributed by atoms with Crippen LogP contribution in [0.2, 0.25) is 0 Å². The molecule has 0 saturated heterocycles. The molecular weight excluding hydrogens is 486 g/mol. The van der Waals surface area contributed by atoms with Gasteiger partial charge in [-0.1, -0.05) is 56.3 Å². The molecule has 2 N–H and O–H groups in total. The van der Waals surface area contributed by atoms with Crippen LogP contribution in [-0.4, -0.2) is 38.7 Å². The molecule has 3 aromatic rings. The summed E-state index contributed by atoms with van der Waals surface area (Å²) < 4.78 is 2.01. The van der Waals surface area contributed by atoms with Crippen LogP contribution in [0.5, 0.6) is 0 Å². The normalized spacial score (nSPS) is 18.6. The van der Waals surface area contributed by atoms with E-state index in [4.69, 9.17) is 0 Å². The average molecular weight is 528 g/mol. The molecule has 0 bridgehead atoms. The van der Waals surface area contributed by atoms with Crippen LogP contribution < -0.4 is 10.6 Å². The molecule has 2 atom stereocenters. The maximum atomic E-state index is 13.1. The minimum absolute atomic E-state index is 0.0309. The molecule has 1 aromatic heterocycles. The van der Waals surface area contributed by atoms with Crippen LogP contribution in [0.1, 0.15) is 69.2 Å². The number of aromatic nitrogens is 2. The van der Waals surface area contributed by atoms with Crippen molar-refractivity contribution < 1.29 is 9.59 Å². The maximum absolute atomic E-state index is 13.1. The molecule has 39 heavy (non-hydrogen) atoms. The van der Waals surface area contributed by atoms with E-state index in [1.807, 2.05) is 54.7 Å². The molecule has 2 unspecified atom stereocenters. The molecule has 1 fully saturated rings. The zero-order chi connectivity index (χ0) is 27.7. The zero-order valence-corrected chi connectivity index (χ0v) is 23.8. The van der Waals surface area contributed by atoms with Crippen molar-refractivity contribution >= 4 is 11.9 Å². The topological polar surface area (TPSA) is 79.3 Å². The van der Waals surface area contributed by atoms with Gasteiger partial charge in [0.15, 0.2) is 0 Å². The van der Waals surface area contributed by atoms with Crippen LogP contribution in [0.15, 0.2) is 54.9 Å². The minimum Gasteiger partial charge on any atom is -0.352 e. The lowest BCUT2D eigenvalue weighted by molar-refractivity contribution is -0.122. The first kappa shape index (κ1) is 27.0. The van der Waals surface area contributed by atoms with Crippen molar-refractivity contribution in [2.24, 2.45) is 11.8 Å². The van der Waals surface area contributed by atoms with Crippen molar-refractivity contribution in [2.45, 2.75) is 78.6 Å². The van der Waals surface area contributed by atoms with Crippen LogP contribution in [0.3, 0.4) is 0 Å². The molecule has 0 radical (unpaired) electrons. The Labute approximate surface area is 232 Å². The number of carbonyl (C=O) groups excluding carboxylic acids is 2. The number of fused-ring (bicyclic) bond motifs is 1. The number of hydrogen-bond acceptors (Lipinski definition) is 3. The van der Waals surface area contributed by atoms with Gasteiger partial charge in [0.05, 0.1) is 6.20 Å². The molecule has 3 amide bonds. The Morgan fingerprint density at radius 1 is 1.08 bits per heavy atom. The van der Waals surface area contributed by atoms with Crippen LogP contribution in [-0.2, 0) is 30.8 Å². The van der Waals surface area contributed by atoms with Crippen molar-refractivity contribution in [2.75, 3.05) is 6.54 Å². The second-order valence-corrected chi connectivity index (χ2v) is 12.5. The number of benzene rings is 2. The number of nitrogens with one attached hydrogen (secondary N) is 2. The van der Waals surface area contributed by atoms with Crippen molar-refractivity contribution in [3.63, 3.8) is 0 Å². The van der Waals surface area contributed by atoms with Crippen LogP contribution in [0, 0.1) is 11.8 Å². The molecule has 1 aliphatic carbocycles. The average Bonchev–Trinajstić information content (AvgIpc) is 3.57. The Morgan fingerprint density at radius 2 is 1.85 bits per heavy atom. The van der Waals surface area contributed by atoms with E-state index in [0.717, 1.165) is 41.6 Å². The second-order valence-electron chi connectivity index (χ2n) is 12.5. The summed E-state index contributed by atoms with van der Waals surface area (Å²) in [7, 11) is 0. The lowest BCUT2D eigenvalue weighted by Crippen LogP contribution is -2.50. The Kier molecular flexibility index (Phi) is 7.52. The molecule has 2 aliphatic rings. The quantitative estimate of drug-likeness (QED) is 0.426. The Balaban J connectivity index is 1.37. The summed E-state index contributed by atoms with van der Waals surface area (Å²) >= 11 is 0. The molecule has 2 heterocycles. The third-order valence-corrected chi connectivity index (χ3v) is 7.58. The number of rotatable bonds is 7. The number of hydrogen-bond donors (Lipinski definition) is 2. The van der Waals surface area contributed by atoms with Gasteiger partial charge in [-0.3, -0.25) is 9.48 Å². The van der Waals surface area contributed by atoms with E-state index < -0.39 is 0 Å².